The maximum atomic E-state index is 10.1. The third kappa shape index (κ3) is 2.85. The molecular weight excluding hydrogens is 272 g/mol. The van der Waals surface area contributed by atoms with Gasteiger partial charge in [0.05, 0.1) is 13.2 Å². The molecule has 2 atom stereocenters. The molecule has 0 aliphatic heterocycles. The number of aliphatic hydroxyl groups excluding tert-OH is 1. The molecule has 2 rings (SSSR count). The van der Waals surface area contributed by atoms with Crippen LogP contribution in [-0.2, 0) is 5.41 Å². The number of aliphatic hydroxyl groups is 1. The highest BCUT2D eigenvalue weighted by atomic mass is 16.5. The Hall–Kier alpha value is -1.54. The number of ether oxygens (including phenoxy) is 1. The first-order valence-corrected chi connectivity index (χ1v) is 7.92. The monoisotopic (exact) mass is 300 g/mol. The van der Waals surface area contributed by atoms with E-state index in [0.29, 0.717) is 0 Å². The molecule has 0 heterocycles. The second-order valence-electron chi connectivity index (χ2n) is 7.08. The summed E-state index contributed by atoms with van der Waals surface area (Å²) < 4.78 is 5.48. The highest BCUT2D eigenvalue weighted by molar-refractivity contribution is 5.50. The Morgan fingerprint density at radius 3 is 2.09 bits per heavy atom. The van der Waals surface area contributed by atoms with Crippen molar-refractivity contribution in [2.75, 3.05) is 7.11 Å². The van der Waals surface area contributed by atoms with Crippen LogP contribution in [0.25, 0.3) is 0 Å². The van der Waals surface area contributed by atoms with Gasteiger partial charge in [-0.3, -0.25) is 0 Å². The Kier molecular flexibility index (Phi) is 4.53. The van der Waals surface area contributed by atoms with Gasteiger partial charge in [-0.15, -0.1) is 0 Å². The number of methoxy groups -OCH3 is 1. The van der Waals surface area contributed by atoms with Gasteiger partial charge in [-0.2, -0.15) is 0 Å². The molecule has 1 aromatic carbocycles. The third-order valence-electron chi connectivity index (χ3n) is 4.90. The van der Waals surface area contributed by atoms with Crippen LogP contribution in [-0.4, -0.2) is 18.3 Å². The van der Waals surface area contributed by atoms with Crippen LogP contribution in [0, 0.1) is 19.8 Å². The van der Waals surface area contributed by atoms with Crippen molar-refractivity contribution in [3.8, 4) is 5.75 Å². The highest BCUT2D eigenvalue weighted by Crippen LogP contribution is 2.39. The number of hydrogen-bond acceptors (Lipinski definition) is 2. The number of rotatable bonds is 3. The molecule has 0 amide bonds. The highest BCUT2D eigenvalue weighted by Gasteiger charge is 2.30. The first-order chi connectivity index (χ1) is 10.2. The van der Waals surface area contributed by atoms with Gasteiger partial charge in [0, 0.05) is 11.3 Å². The molecule has 1 N–H and O–H groups in total. The summed E-state index contributed by atoms with van der Waals surface area (Å²) in [5.74, 6) is 1.12. The Balaban J connectivity index is 2.50. The SMILES string of the molecule is COc1c(C)cc(C(C)(C)C2=CC(C)C(O)C(C)=C2)cc1C. The topological polar surface area (TPSA) is 29.5 Å². The smallest absolute Gasteiger partial charge is 0.124 e. The first-order valence-electron chi connectivity index (χ1n) is 7.92. The molecule has 1 aliphatic rings. The van der Waals surface area contributed by atoms with E-state index in [9.17, 15) is 5.11 Å². The summed E-state index contributed by atoms with van der Waals surface area (Å²) in [4.78, 5) is 0. The van der Waals surface area contributed by atoms with Crippen molar-refractivity contribution in [1.29, 1.82) is 0 Å². The zero-order valence-corrected chi connectivity index (χ0v) is 14.8. The summed E-state index contributed by atoms with van der Waals surface area (Å²) in [6.07, 6.45) is 3.98. The number of hydrogen-bond donors (Lipinski definition) is 1. The second kappa shape index (κ2) is 5.92. The average Bonchev–Trinajstić information content (AvgIpc) is 2.43. The first kappa shape index (κ1) is 16.8. The molecule has 0 fully saturated rings. The lowest BCUT2D eigenvalue weighted by Crippen LogP contribution is -2.27. The second-order valence-corrected chi connectivity index (χ2v) is 7.08. The molecular formula is C20H28O2. The van der Waals surface area contributed by atoms with Gasteiger partial charge < -0.3 is 9.84 Å². The summed E-state index contributed by atoms with van der Waals surface area (Å²) in [5.41, 5.74) is 5.82. The fourth-order valence-electron chi connectivity index (χ4n) is 3.36. The molecule has 2 unspecified atom stereocenters. The standard InChI is InChI=1S/C20H28O2/c1-12-8-16(9-13(2)18(12)21)20(5,6)17-10-14(3)19(22-7)15(4)11-17/h8-12,18,21H,1-7H3. The van der Waals surface area contributed by atoms with E-state index in [2.05, 4.69) is 58.9 Å². The largest absolute Gasteiger partial charge is 0.496 e. The minimum atomic E-state index is -0.362. The van der Waals surface area contributed by atoms with Gasteiger partial charge in [-0.25, -0.2) is 0 Å². The van der Waals surface area contributed by atoms with E-state index in [4.69, 9.17) is 4.74 Å². The van der Waals surface area contributed by atoms with Crippen molar-refractivity contribution in [2.45, 2.75) is 53.1 Å². The molecule has 2 nitrogen and oxygen atoms in total. The lowest BCUT2D eigenvalue weighted by atomic mass is 9.72. The van der Waals surface area contributed by atoms with E-state index < -0.39 is 0 Å². The van der Waals surface area contributed by atoms with E-state index >= 15 is 0 Å². The Bertz CT molecular complexity index is 612. The summed E-state index contributed by atoms with van der Waals surface area (Å²) in [5, 5.41) is 10.1. The van der Waals surface area contributed by atoms with Gasteiger partial charge >= 0.3 is 0 Å². The van der Waals surface area contributed by atoms with E-state index in [1.165, 1.54) is 11.1 Å². The van der Waals surface area contributed by atoms with Gasteiger partial charge in [0.15, 0.2) is 0 Å². The zero-order valence-electron chi connectivity index (χ0n) is 14.8. The van der Waals surface area contributed by atoms with Crippen LogP contribution in [0.5, 0.6) is 5.75 Å². The predicted molar refractivity (Wildman–Crippen MR) is 92.5 cm³/mol. The van der Waals surface area contributed by atoms with E-state index in [0.717, 1.165) is 22.4 Å². The predicted octanol–water partition coefficient (Wildman–Crippen LogP) is 4.47. The maximum absolute atomic E-state index is 10.1. The van der Waals surface area contributed by atoms with Gasteiger partial charge in [0.1, 0.15) is 5.75 Å². The lowest BCUT2D eigenvalue weighted by molar-refractivity contribution is 0.170. The normalized spacial score (nSPS) is 22.2. The fraction of sp³-hybridized carbons (Fsp3) is 0.500. The van der Waals surface area contributed by atoms with Crippen molar-refractivity contribution in [2.24, 2.45) is 5.92 Å². The quantitative estimate of drug-likeness (QED) is 0.892. The summed E-state index contributed by atoms with van der Waals surface area (Å²) in [7, 11) is 1.72. The fourth-order valence-corrected chi connectivity index (χ4v) is 3.36. The molecule has 1 aromatic rings. The van der Waals surface area contributed by atoms with Crippen LogP contribution in [0.1, 0.15) is 44.4 Å². The van der Waals surface area contributed by atoms with Crippen LogP contribution >= 0.6 is 0 Å². The minimum absolute atomic E-state index is 0.0998. The Morgan fingerprint density at radius 2 is 1.64 bits per heavy atom. The summed E-state index contributed by atoms with van der Waals surface area (Å²) in [6.45, 7) is 12.8. The lowest BCUT2D eigenvalue weighted by Gasteiger charge is -2.33. The molecule has 1 aliphatic carbocycles. The number of aryl methyl sites for hydroxylation is 2. The number of benzene rings is 1. The van der Waals surface area contributed by atoms with Crippen molar-refractivity contribution in [3.05, 3.63) is 52.1 Å². The van der Waals surface area contributed by atoms with Crippen LogP contribution < -0.4 is 4.74 Å². The van der Waals surface area contributed by atoms with Crippen molar-refractivity contribution < 1.29 is 9.84 Å². The van der Waals surface area contributed by atoms with Crippen molar-refractivity contribution >= 4 is 0 Å². The Labute approximate surface area is 134 Å². The molecule has 22 heavy (non-hydrogen) atoms. The molecule has 0 spiro atoms. The van der Waals surface area contributed by atoms with E-state index in [-0.39, 0.29) is 17.4 Å². The molecule has 2 heteroatoms. The van der Waals surface area contributed by atoms with Crippen LogP contribution in [0.3, 0.4) is 0 Å². The third-order valence-corrected chi connectivity index (χ3v) is 4.90. The van der Waals surface area contributed by atoms with Crippen LogP contribution in [0.15, 0.2) is 35.4 Å². The molecule has 0 radical (unpaired) electrons. The maximum Gasteiger partial charge on any atom is 0.124 e. The van der Waals surface area contributed by atoms with Crippen LogP contribution in [0.2, 0.25) is 0 Å². The summed E-state index contributed by atoms with van der Waals surface area (Å²) >= 11 is 0. The molecule has 0 bridgehead atoms. The minimum Gasteiger partial charge on any atom is -0.496 e. The van der Waals surface area contributed by atoms with Crippen molar-refractivity contribution in [1.82, 2.24) is 0 Å². The number of allylic oxidation sites excluding steroid dienone is 2. The van der Waals surface area contributed by atoms with Gasteiger partial charge in [-0.05, 0) is 48.6 Å². The van der Waals surface area contributed by atoms with E-state index in [1.54, 1.807) is 7.11 Å². The zero-order chi connectivity index (χ0) is 16.7. The molecule has 0 saturated carbocycles. The average molecular weight is 300 g/mol. The van der Waals surface area contributed by atoms with Gasteiger partial charge in [0.2, 0.25) is 0 Å². The van der Waals surface area contributed by atoms with Crippen LogP contribution in [0.4, 0.5) is 0 Å². The Morgan fingerprint density at radius 1 is 1.09 bits per heavy atom. The van der Waals surface area contributed by atoms with Gasteiger partial charge in [0.25, 0.3) is 0 Å². The molecule has 120 valence electrons. The molecule has 0 saturated heterocycles. The van der Waals surface area contributed by atoms with E-state index in [1.807, 2.05) is 6.92 Å². The van der Waals surface area contributed by atoms with Gasteiger partial charge in [-0.1, -0.05) is 45.1 Å². The molecule has 0 aromatic heterocycles. The van der Waals surface area contributed by atoms with Crippen molar-refractivity contribution in [3.63, 3.8) is 0 Å². The summed E-state index contributed by atoms with van der Waals surface area (Å²) in [6, 6.07) is 4.43.